The molecule has 148 valence electrons. The summed E-state index contributed by atoms with van der Waals surface area (Å²) in [5.74, 6) is 0.500. The Kier molecular flexibility index (Phi) is 6.10. The number of pyridine rings is 2. The monoisotopic (exact) mass is 391 g/mol. The molecule has 3 rings (SSSR count). The van der Waals surface area contributed by atoms with Crippen molar-refractivity contribution < 1.29 is 9.90 Å². The van der Waals surface area contributed by atoms with Crippen molar-refractivity contribution >= 4 is 23.3 Å². The highest BCUT2D eigenvalue weighted by Crippen LogP contribution is 2.26. The first-order chi connectivity index (χ1) is 14.0. The van der Waals surface area contributed by atoms with Gasteiger partial charge in [-0.25, -0.2) is 14.8 Å². The van der Waals surface area contributed by atoms with E-state index in [-0.39, 0.29) is 17.8 Å². The Hall–Kier alpha value is -3.85. The van der Waals surface area contributed by atoms with Crippen LogP contribution in [0.1, 0.15) is 42.6 Å². The molecule has 1 aliphatic carbocycles. The van der Waals surface area contributed by atoms with Crippen molar-refractivity contribution in [3.63, 3.8) is 0 Å². The van der Waals surface area contributed by atoms with Crippen molar-refractivity contribution in [3.05, 3.63) is 41.3 Å². The highest BCUT2D eigenvalue weighted by molar-refractivity contribution is 5.68. The van der Waals surface area contributed by atoms with Gasteiger partial charge in [0.25, 0.3) is 0 Å². The normalized spacial score (nSPS) is 18.2. The van der Waals surface area contributed by atoms with Crippen LogP contribution in [-0.4, -0.2) is 33.3 Å². The lowest BCUT2D eigenvalue weighted by atomic mass is 9.90. The fourth-order valence-electron chi connectivity index (χ4n) is 3.46. The van der Waals surface area contributed by atoms with Crippen molar-refractivity contribution in [2.45, 2.75) is 44.7 Å². The van der Waals surface area contributed by atoms with Crippen LogP contribution >= 0.6 is 0 Å². The molecule has 0 saturated heterocycles. The molecule has 1 saturated carbocycles. The number of nitrogens with zero attached hydrogens (tertiary/aromatic N) is 4. The molecule has 9 heteroatoms. The zero-order valence-corrected chi connectivity index (χ0v) is 15.9. The lowest BCUT2D eigenvalue weighted by Gasteiger charge is -2.32. The third kappa shape index (κ3) is 4.90. The second-order valence-corrected chi connectivity index (χ2v) is 6.89. The van der Waals surface area contributed by atoms with E-state index in [0.717, 1.165) is 25.7 Å². The number of nitriles is 2. The molecule has 1 fully saturated rings. The summed E-state index contributed by atoms with van der Waals surface area (Å²) in [6.07, 6.45) is 4.13. The van der Waals surface area contributed by atoms with Gasteiger partial charge in [-0.2, -0.15) is 10.5 Å². The lowest BCUT2D eigenvalue weighted by molar-refractivity contribution is 0.184. The molecule has 2 atom stereocenters. The van der Waals surface area contributed by atoms with Gasteiger partial charge in [0.1, 0.15) is 18.0 Å². The van der Waals surface area contributed by atoms with Crippen LogP contribution in [0.3, 0.4) is 0 Å². The standard InChI is InChI=1S/C20H21N7O2/c1-12-13(9-21)6-7-19(24-12)26-17-8-14(11-23-18(17)10-22)25-15-4-2-3-5-16(15)27-20(28)29/h6-8,11,15-16,25,27H,2-5H2,1H3,(H,24,26)(H,28,29)/t15-,16+/m1/s1. The zero-order chi connectivity index (χ0) is 20.8. The van der Waals surface area contributed by atoms with E-state index in [4.69, 9.17) is 10.4 Å². The Balaban J connectivity index is 1.81. The molecule has 0 spiro atoms. The Morgan fingerprint density at radius 1 is 1.21 bits per heavy atom. The van der Waals surface area contributed by atoms with Crippen molar-refractivity contribution in [1.29, 1.82) is 10.5 Å². The van der Waals surface area contributed by atoms with Crippen LogP contribution in [0.2, 0.25) is 0 Å². The number of rotatable bonds is 5. The van der Waals surface area contributed by atoms with E-state index < -0.39 is 6.09 Å². The fourth-order valence-corrected chi connectivity index (χ4v) is 3.46. The van der Waals surface area contributed by atoms with Crippen LogP contribution in [0, 0.1) is 29.6 Å². The molecule has 2 heterocycles. The van der Waals surface area contributed by atoms with Crippen molar-refractivity contribution in [1.82, 2.24) is 15.3 Å². The average Bonchev–Trinajstić information content (AvgIpc) is 2.69. The van der Waals surface area contributed by atoms with Crippen molar-refractivity contribution in [2.75, 3.05) is 10.6 Å². The smallest absolute Gasteiger partial charge is 0.404 e. The highest BCUT2D eigenvalue weighted by Gasteiger charge is 2.26. The van der Waals surface area contributed by atoms with Gasteiger partial charge >= 0.3 is 6.09 Å². The summed E-state index contributed by atoms with van der Waals surface area (Å²) < 4.78 is 0. The molecule has 2 aromatic heterocycles. The van der Waals surface area contributed by atoms with Gasteiger partial charge in [0, 0.05) is 6.04 Å². The minimum atomic E-state index is -1.04. The van der Waals surface area contributed by atoms with Gasteiger partial charge in [0.2, 0.25) is 0 Å². The minimum absolute atomic E-state index is 0.0577. The predicted octanol–water partition coefficient (Wildman–Crippen LogP) is 3.26. The number of aryl methyl sites for hydroxylation is 1. The molecule has 0 aliphatic heterocycles. The third-order valence-corrected chi connectivity index (χ3v) is 4.89. The maximum atomic E-state index is 11.1. The number of carboxylic acid groups (broad SMARTS) is 1. The SMILES string of the molecule is Cc1nc(Nc2cc(N[C@@H]3CCCC[C@@H]3NC(=O)O)cnc2C#N)ccc1C#N. The minimum Gasteiger partial charge on any atom is -0.465 e. The van der Waals surface area contributed by atoms with E-state index in [1.807, 2.05) is 6.07 Å². The predicted molar refractivity (Wildman–Crippen MR) is 107 cm³/mol. The second-order valence-electron chi connectivity index (χ2n) is 6.89. The van der Waals surface area contributed by atoms with Gasteiger partial charge < -0.3 is 21.1 Å². The van der Waals surface area contributed by atoms with Gasteiger partial charge in [0.15, 0.2) is 5.69 Å². The first kappa shape index (κ1) is 19.9. The fraction of sp³-hybridized carbons (Fsp3) is 0.350. The molecular weight excluding hydrogens is 370 g/mol. The molecule has 9 nitrogen and oxygen atoms in total. The summed E-state index contributed by atoms with van der Waals surface area (Å²) >= 11 is 0. The summed E-state index contributed by atoms with van der Waals surface area (Å²) in [6.45, 7) is 1.74. The number of hydrogen-bond acceptors (Lipinski definition) is 7. The molecule has 0 radical (unpaired) electrons. The Morgan fingerprint density at radius 3 is 2.62 bits per heavy atom. The Labute approximate surface area is 168 Å². The number of aromatic nitrogens is 2. The zero-order valence-electron chi connectivity index (χ0n) is 15.9. The molecule has 0 bridgehead atoms. The van der Waals surface area contributed by atoms with Crippen LogP contribution in [0.25, 0.3) is 0 Å². The van der Waals surface area contributed by atoms with Gasteiger partial charge in [-0.1, -0.05) is 12.8 Å². The number of nitrogens with one attached hydrogen (secondary N) is 3. The Bertz CT molecular complexity index is 993. The number of hydrogen-bond donors (Lipinski definition) is 4. The largest absolute Gasteiger partial charge is 0.465 e. The molecule has 29 heavy (non-hydrogen) atoms. The van der Waals surface area contributed by atoms with Crippen LogP contribution in [0.4, 0.5) is 22.0 Å². The second kappa shape index (κ2) is 8.89. The van der Waals surface area contributed by atoms with E-state index in [2.05, 4.69) is 32.0 Å². The van der Waals surface area contributed by atoms with Crippen LogP contribution in [0.5, 0.6) is 0 Å². The molecule has 1 aliphatic rings. The molecule has 2 aromatic rings. The molecule has 4 N–H and O–H groups in total. The van der Waals surface area contributed by atoms with Gasteiger partial charge in [-0.05, 0) is 38.0 Å². The van der Waals surface area contributed by atoms with E-state index >= 15 is 0 Å². The average molecular weight is 391 g/mol. The summed E-state index contributed by atoms with van der Waals surface area (Å²) in [7, 11) is 0. The summed E-state index contributed by atoms with van der Waals surface area (Å²) in [5, 5.41) is 36.5. The third-order valence-electron chi connectivity index (χ3n) is 4.89. The van der Waals surface area contributed by atoms with E-state index in [1.54, 1.807) is 31.3 Å². The van der Waals surface area contributed by atoms with Crippen molar-refractivity contribution in [2.24, 2.45) is 0 Å². The van der Waals surface area contributed by atoms with E-state index in [9.17, 15) is 10.1 Å². The van der Waals surface area contributed by atoms with Crippen LogP contribution in [-0.2, 0) is 0 Å². The number of carbonyl (C=O) groups is 1. The highest BCUT2D eigenvalue weighted by atomic mass is 16.4. The lowest BCUT2D eigenvalue weighted by Crippen LogP contribution is -2.48. The first-order valence-corrected chi connectivity index (χ1v) is 9.31. The quantitative estimate of drug-likeness (QED) is 0.607. The summed E-state index contributed by atoms with van der Waals surface area (Å²) in [6, 6.07) is 8.96. The molecule has 0 unspecified atom stereocenters. The molecule has 0 aromatic carbocycles. The van der Waals surface area contributed by atoms with Crippen LogP contribution < -0.4 is 16.0 Å². The number of anilines is 3. The Morgan fingerprint density at radius 2 is 1.97 bits per heavy atom. The maximum absolute atomic E-state index is 11.1. The molecule has 1 amide bonds. The van der Waals surface area contributed by atoms with Crippen LogP contribution in [0.15, 0.2) is 24.4 Å². The van der Waals surface area contributed by atoms with Gasteiger partial charge in [0.05, 0.1) is 34.9 Å². The van der Waals surface area contributed by atoms with E-state index in [0.29, 0.717) is 28.5 Å². The van der Waals surface area contributed by atoms with Gasteiger partial charge in [-0.3, -0.25) is 0 Å². The summed E-state index contributed by atoms with van der Waals surface area (Å²) in [4.78, 5) is 19.6. The topological polar surface area (TPSA) is 147 Å². The van der Waals surface area contributed by atoms with Gasteiger partial charge in [-0.15, -0.1) is 0 Å². The van der Waals surface area contributed by atoms with Crippen molar-refractivity contribution in [3.8, 4) is 12.1 Å². The van der Waals surface area contributed by atoms with E-state index in [1.165, 1.54) is 0 Å². The molecular formula is C20H21N7O2. The first-order valence-electron chi connectivity index (χ1n) is 9.31. The maximum Gasteiger partial charge on any atom is 0.404 e. The number of amides is 1. The summed E-state index contributed by atoms with van der Waals surface area (Å²) in [5.41, 5.74) is 2.44.